The Morgan fingerprint density at radius 1 is 1.15 bits per heavy atom. The molecule has 2 rings (SSSR count). The minimum atomic E-state index is 0.336. The van der Waals surface area contributed by atoms with Gasteiger partial charge in [-0.05, 0) is 26.4 Å². The first-order chi connectivity index (χ1) is 9.72. The molecule has 1 atom stereocenters. The molecule has 1 unspecified atom stereocenters. The fourth-order valence-corrected chi connectivity index (χ4v) is 3.18. The molecule has 0 spiro atoms. The van der Waals surface area contributed by atoms with Gasteiger partial charge in [0.05, 0.1) is 0 Å². The smallest absolute Gasteiger partial charge is 0.223 e. The van der Waals surface area contributed by atoms with E-state index in [9.17, 15) is 4.79 Å². The molecule has 0 aromatic carbocycles. The molecule has 5 heteroatoms. The van der Waals surface area contributed by atoms with Crippen LogP contribution in [0.25, 0.3) is 0 Å². The minimum Gasteiger partial charge on any atom is -0.341 e. The molecule has 5 nitrogen and oxygen atoms in total. The SMILES string of the molecule is CCN1CCN(CCC(=O)N2CCCC(NC)C2)CC1. The van der Waals surface area contributed by atoms with E-state index in [2.05, 4.69) is 22.0 Å². The van der Waals surface area contributed by atoms with Crippen LogP contribution in [-0.2, 0) is 4.79 Å². The molecule has 2 aliphatic rings. The highest BCUT2D eigenvalue weighted by Gasteiger charge is 2.23. The van der Waals surface area contributed by atoms with E-state index in [4.69, 9.17) is 0 Å². The highest BCUT2D eigenvalue weighted by atomic mass is 16.2. The summed E-state index contributed by atoms with van der Waals surface area (Å²) in [5.74, 6) is 0.336. The Morgan fingerprint density at radius 3 is 2.50 bits per heavy atom. The van der Waals surface area contributed by atoms with Crippen LogP contribution in [0.3, 0.4) is 0 Å². The first-order valence-electron chi connectivity index (χ1n) is 8.12. The zero-order chi connectivity index (χ0) is 14.4. The maximum absolute atomic E-state index is 12.3. The predicted octanol–water partition coefficient (Wildman–Crippen LogP) is 0.224. The summed E-state index contributed by atoms with van der Waals surface area (Å²) in [6, 6.07) is 0.487. The third-order valence-electron chi connectivity index (χ3n) is 4.74. The zero-order valence-electron chi connectivity index (χ0n) is 13.1. The van der Waals surface area contributed by atoms with E-state index in [-0.39, 0.29) is 0 Å². The minimum absolute atomic E-state index is 0.336. The van der Waals surface area contributed by atoms with E-state index >= 15 is 0 Å². The van der Waals surface area contributed by atoms with Gasteiger partial charge >= 0.3 is 0 Å². The number of carbonyl (C=O) groups is 1. The van der Waals surface area contributed by atoms with E-state index in [1.807, 2.05) is 11.9 Å². The molecule has 0 aromatic heterocycles. The Labute approximate surface area is 123 Å². The van der Waals surface area contributed by atoms with E-state index in [0.717, 1.165) is 58.8 Å². The molecule has 0 aliphatic carbocycles. The summed E-state index contributed by atoms with van der Waals surface area (Å²) in [4.78, 5) is 19.2. The normalized spacial score (nSPS) is 25.9. The van der Waals surface area contributed by atoms with Crippen LogP contribution in [0.15, 0.2) is 0 Å². The molecule has 2 fully saturated rings. The predicted molar refractivity (Wildman–Crippen MR) is 81.8 cm³/mol. The number of piperidine rings is 1. The van der Waals surface area contributed by atoms with Gasteiger partial charge in [0.1, 0.15) is 0 Å². The summed E-state index contributed by atoms with van der Waals surface area (Å²) in [5.41, 5.74) is 0. The Balaban J connectivity index is 1.67. The largest absolute Gasteiger partial charge is 0.341 e. The molecule has 0 aromatic rings. The van der Waals surface area contributed by atoms with Crippen molar-refractivity contribution >= 4 is 5.91 Å². The van der Waals surface area contributed by atoms with Crippen LogP contribution in [0.5, 0.6) is 0 Å². The van der Waals surface area contributed by atoms with Crippen molar-refractivity contribution in [3.05, 3.63) is 0 Å². The van der Waals surface area contributed by atoms with E-state index < -0.39 is 0 Å². The Morgan fingerprint density at radius 2 is 1.85 bits per heavy atom. The number of likely N-dealkylation sites (tertiary alicyclic amines) is 1. The lowest BCUT2D eigenvalue weighted by molar-refractivity contribution is -0.133. The van der Waals surface area contributed by atoms with Gasteiger partial charge in [0.15, 0.2) is 0 Å². The molecular formula is C15H30N4O. The van der Waals surface area contributed by atoms with Gasteiger partial charge in [-0.2, -0.15) is 0 Å². The molecule has 116 valence electrons. The van der Waals surface area contributed by atoms with Crippen molar-refractivity contribution in [2.75, 3.05) is 59.4 Å². The summed E-state index contributed by atoms with van der Waals surface area (Å²) in [5, 5.41) is 3.30. The first kappa shape index (κ1) is 15.7. The monoisotopic (exact) mass is 282 g/mol. The Kier molecular flexibility index (Phi) is 6.26. The summed E-state index contributed by atoms with van der Waals surface area (Å²) in [6.07, 6.45) is 3.01. The molecular weight excluding hydrogens is 252 g/mol. The van der Waals surface area contributed by atoms with Crippen molar-refractivity contribution in [3.8, 4) is 0 Å². The lowest BCUT2D eigenvalue weighted by atomic mass is 10.1. The second-order valence-corrected chi connectivity index (χ2v) is 5.99. The number of rotatable bonds is 5. The molecule has 0 bridgehead atoms. The topological polar surface area (TPSA) is 38.8 Å². The van der Waals surface area contributed by atoms with Crippen molar-refractivity contribution in [2.45, 2.75) is 32.2 Å². The van der Waals surface area contributed by atoms with Crippen molar-refractivity contribution in [3.63, 3.8) is 0 Å². The molecule has 1 N–H and O–H groups in total. The van der Waals surface area contributed by atoms with E-state index in [1.165, 1.54) is 6.42 Å². The quantitative estimate of drug-likeness (QED) is 0.783. The number of piperazine rings is 1. The maximum Gasteiger partial charge on any atom is 0.223 e. The third kappa shape index (κ3) is 4.43. The van der Waals surface area contributed by atoms with Crippen LogP contribution in [0.2, 0.25) is 0 Å². The zero-order valence-corrected chi connectivity index (χ0v) is 13.1. The molecule has 20 heavy (non-hydrogen) atoms. The summed E-state index contributed by atoms with van der Waals surface area (Å²) in [7, 11) is 1.99. The van der Waals surface area contributed by atoms with Crippen LogP contribution in [0, 0.1) is 0 Å². The number of nitrogens with zero attached hydrogens (tertiary/aromatic N) is 3. The summed E-state index contributed by atoms with van der Waals surface area (Å²) >= 11 is 0. The second kappa shape index (κ2) is 7.96. The van der Waals surface area contributed by atoms with Crippen LogP contribution in [0.4, 0.5) is 0 Å². The van der Waals surface area contributed by atoms with Gasteiger partial charge in [-0.25, -0.2) is 0 Å². The van der Waals surface area contributed by atoms with Gasteiger partial charge in [0.2, 0.25) is 5.91 Å². The van der Waals surface area contributed by atoms with Crippen LogP contribution >= 0.6 is 0 Å². The van der Waals surface area contributed by atoms with Crippen molar-refractivity contribution in [2.24, 2.45) is 0 Å². The van der Waals surface area contributed by atoms with Gasteiger partial charge < -0.3 is 20.0 Å². The third-order valence-corrected chi connectivity index (χ3v) is 4.74. The lowest BCUT2D eigenvalue weighted by Gasteiger charge is -2.35. The van der Waals surface area contributed by atoms with Gasteiger partial charge in [-0.3, -0.25) is 4.79 Å². The molecule has 2 saturated heterocycles. The summed E-state index contributed by atoms with van der Waals surface area (Å²) < 4.78 is 0. The Hall–Kier alpha value is -0.650. The van der Waals surface area contributed by atoms with Crippen molar-refractivity contribution in [1.82, 2.24) is 20.0 Å². The standard InChI is InChI=1S/C15H30N4O/c1-3-17-9-11-18(12-10-17)8-6-15(20)19-7-4-5-14(13-19)16-2/h14,16H,3-13H2,1-2H3. The highest BCUT2D eigenvalue weighted by molar-refractivity contribution is 5.76. The van der Waals surface area contributed by atoms with E-state index in [0.29, 0.717) is 18.4 Å². The lowest BCUT2D eigenvalue weighted by Crippen LogP contribution is -2.49. The summed E-state index contributed by atoms with van der Waals surface area (Å²) in [6.45, 7) is 10.6. The van der Waals surface area contributed by atoms with Crippen LogP contribution < -0.4 is 5.32 Å². The molecule has 0 saturated carbocycles. The van der Waals surface area contributed by atoms with Gasteiger partial charge in [0.25, 0.3) is 0 Å². The fourth-order valence-electron chi connectivity index (χ4n) is 3.18. The average Bonchev–Trinajstić information content (AvgIpc) is 2.53. The number of hydrogen-bond donors (Lipinski definition) is 1. The van der Waals surface area contributed by atoms with Crippen LogP contribution in [0.1, 0.15) is 26.2 Å². The maximum atomic E-state index is 12.3. The van der Waals surface area contributed by atoms with Gasteiger partial charge in [0, 0.05) is 58.3 Å². The number of hydrogen-bond acceptors (Lipinski definition) is 4. The highest BCUT2D eigenvalue weighted by Crippen LogP contribution is 2.11. The van der Waals surface area contributed by atoms with Crippen molar-refractivity contribution < 1.29 is 4.79 Å². The second-order valence-electron chi connectivity index (χ2n) is 5.99. The average molecular weight is 282 g/mol. The molecule has 1 amide bonds. The molecule has 0 radical (unpaired) electrons. The number of nitrogens with one attached hydrogen (secondary N) is 1. The first-order valence-corrected chi connectivity index (χ1v) is 8.12. The van der Waals surface area contributed by atoms with E-state index in [1.54, 1.807) is 0 Å². The number of amides is 1. The van der Waals surface area contributed by atoms with Crippen LogP contribution in [-0.4, -0.2) is 86.1 Å². The number of carbonyl (C=O) groups excluding carboxylic acids is 1. The fraction of sp³-hybridized carbons (Fsp3) is 0.933. The Bertz CT molecular complexity index is 302. The molecule has 2 aliphatic heterocycles. The molecule has 2 heterocycles. The van der Waals surface area contributed by atoms with Crippen molar-refractivity contribution in [1.29, 1.82) is 0 Å². The van der Waals surface area contributed by atoms with Gasteiger partial charge in [-0.15, -0.1) is 0 Å². The van der Waals surface area contributed by atoms with Gasteiger partial charge in [-0.1, -0.05) is 6.92 Å². The number of likely N-dealkylation sites (N-methyl/N-ethyl adjacent to an activating group) is 2.